The van der Waals surface area contributed by atoms with E-state index in [-0.39, 0.29) is 18.9 Å². The number of hydrogen-bond donors (Lipinski definition) is 1. The second-order valence-corrected chi connectivity index (χ2v) is 4.64. The number of anilines is 1. The molecule has 7 heteroatoms. The number of likely N-dealkylation sites (tertiary alicyclic amines) is 1. The number of β-lactam (4-membered cyclic amide) rings is 1. The molecule has 0 bridgehead atoms. The van der Waals surface area contributed by atoms with Gasteiger partial charge in [-0.05, 0) is 12.1 Å². The van der Waals surface area contributed by atoms with Gasteiger partial charge in [0.25, 0.3) is 0 Å². The minimum absolute atomic E-state index is 0.109. The Labute approximate surface area is 122 Å². The van der Waals surface area contributed by atoms with Crippen molar-refractivity contribution < 1.29 is 23.8 Å². The molecule has 2 N–H and O–H groups in total. The predicted octanol–water partition coefficient (Wildman–Crippen LogP) is 0.560. The number of carbonyl (C=O) groups is 2. The number of nitrogen functional groups attached to an aromatic ring is 1. The number of hydrogen-bond acceptors (Lipinski definition) is 6. The van der Waals surface area contributed by atoms with Crippen LogP contribution in [0.5, 0.6) is 11.5 Å². The molecular formula is C14H18N2O5. The van der Waals surface area contributed by atoms with Crippen LogP contribution >= 0.6 is 0 Å². The molecule has 1 unspecified atom stereocenters. The van der Waals surface area contributed by atoms with E-state index in [0.717, 1.165) is 0 Å². The van der Waals surface area contributed by atoms with Crippen molar-refractivity contribution in [2.45, 2.75) is 19.0 Å². The van der Waals surface area contributed by atoms with Gasteiger partial charge in [-0.2, -0.15) is 0 Å². The second-order valence-electron chi connectivity index (χ2n) is 4.64. The molecule has 7 nitrogen and oxygen atoms in total. The van der Waals surface area contributed by atoms with E-state index in [9.17, 15) is 9.59 Å². The van der Waals surface area contributed by atoms with Crippen LogP contribution in [0.15, 0.2) is 12.1 Å². The third kappa shape index (κ3) is 2.58. The Morgan fingerprint density at radius 1 is 1.33 bits per heavy atom. The highest BCUT2D eigenvalue weighted by molar-refractivity contribution is 5.95. The molecule has 1 amide bonds. The molecule has 0 spiro atoms. The smallest absolute Gasteiger partial charge is 0.329 e. The van der Waals surface area contributed by atoms with E-state index < -0.39 is 12.0 Å². The van der Waals surface area contributed by atoms with Gasteiger partial charge in [0.1, 0.15) is 17.5 Å². The van der Waals surface area contributed by atoms with Crippen molar-refractivity contribution in [3.8, 4) is 11.5 Å². The molecule has 1 atom stereocenters. The number of amides is 1. The highest BCUT2D eigenvalue weighted by Crippen LogP contribution is 2.36. The lowest BCUT2D eigenvalue weighted by Crippen LogP contribution is -2.56. The first-order valence-electron chi connectivity index (χ1n) is 6.40. The van der Waals surface area contributed by atoms with Gasteiger partial charge in [-0.3, -0.25) is 4.79 Å². The number of nitrogens with zero attached hydrogens (tertiary/aromatic N) is 1. The molecule has 21 heavy (non-hydrogen) atoms. The third-order valence-corrected chi connectivity index (χ3v) is 3.54. The molecule has 1 heterocycles. The zero-order chi connectivity index (χ0) is 15.6. The summed E-state index contributed by atoms with van der Waals surface area (Å²) in [6, 6.07) is 2.91. The van der Waals surface area contributed by atoms with E-state index in [2.05, 4.69) is 4.74 Å². The molecule has 0 saturated carbocycles. The van der Waals surface area contributed by atoms with E-state index in [1.807, 2.05) is 0 Å². The topological polar surface area (TPSA) is 91.1 Å². The molecular weight excluding hydrogens is 276 g/mol. The lowest BCUT2D eigenvalue weighted by molar-refractivity contribution is -0.165. The molecule has 0 aliphatic carbocycles. The van der Waals surface area contributed by atoms with Gasteiger partial charge < -0.3 is 24.8 Å². The molecule has 2 rings (SSSR count). The maximum Gasteiger partial charge on any atom is 0.329 e. The largest absolute Gasteiger partial charge is 0.494 e. The van der Waals surface area contributed by atoms with Gasteiger partial charge in [0.2, 0.25) is 5.91 Å². The number of nitrogens with two attached hydrogens (primary N) is 1. The van der Waals surface area contributed by atoms with Gasteiger partial charge >= 0.3 is 5.97 Å². The molecule has 1 aliphatic rings. The van der Waals surface area contributed by atoms with Crippen LogP contribution in [0.3, 0.4) is 0 Å². The standard InChI is InChI=1S/C14H18N2O5/c1-19-10-5-4-8(13(20-2)12(10)15)7-16-9(6-11(16)17)14(18)21-3/h4-5,9H,6-7,15H2,1-3H3. The van der Waals surface area contributed by atoms with E-state index in [1.54, 1.807) is 12.1 Å². The number of methoxy groups -OCH3 is 3. The highest BCUT2D eigenvalue weighted by atomic mass is 16.5. The first-order valence-corrected chi connectivity index (χ1v) is 6.40. The Kier molecular flexibility index (Phi) is 4.21. The number of ether oxygens (including phenoxy) is 3. The fraction of sp³-hybridized carbons (Fsp3) is 0.429. The summed E-state index contributed by atoms with van der Waals surface area (Å²) in [4.78, 5) is 24.7. The molecule has 1 aromatic carbocycles. The van der Waals surface area contributed by atoms with Crippen molar-refractivity contribution in [1.29, 1.82) is 0 Å². The van der Waals surface area contributed by atoms with Crippen LogP contribution in [0, 0.1) is 0 Å². The van der Waals surface area contributed by atoms with E-state index in [1.165, 1.54) is 26.2 Å². The first-order chi connectivity index (χ1) is 10.0. The summed E-state index contributed by atoms with van der Waals surface area (Å²) >= 11 is 0. The SMILES string of the molecule is COC(=O)C1CC(=O)N1Cc1ccc(OC)c(N)c1OC. The summed E-state index contributed by atoms with van der Waals surface area (Å²) < 4.78 is 15.1. The summed E-state index contributed by atoms with van der Waals surface area (Å²) in [5.41, 5.74) is 7.02. The van der Waals surface area contributed by atoms with E-state index in [4.69, 9.17) is 15.2 Å². The summed E-state index contributed by atoms with van der Waals surface area (Å²) in [5, 5.41) is 0. The van der Waals surface area contributed by atoms with Crippen molar-refractivity contribution in [1.82, 2.24) is 4.90 Å². The quantitative estimate of drug-likeness (QED) is 0.485. The van der Waals surface area contributed by atoms with Crippen LogP contribution < -0.4 is 15.2 Å². The average Bonchev–Trinajstić information content (AvgIpc) is 2.49. The van der Waals surface area contributed by atoms with Crippen molar-refractivity contribution in [3.05, 3.63) is 17.7 Å². The molecule has 1 aliphatic heterocycles. The van der Waals surface area contributed by atoms with Crippen LogP contribution in [-0.4, -0.2) is 44.1 Å². The fourth-order valence-electron chi connectivity index (χ4n) is 2.35. The number of benzene rings is 1. The van der Waals surface area contributed by atoms with Gasteiger partial charge in [0.05, 0.1) is 34.3 Å². The van der Waals surface area contributed by atoms with Crippen LogP contribution in [0.2, 0.25) is 0 Å². The van der Waals surface area contributed by atoms with Crippen molar-refractivity contribution in [3.63, 3.8) is 0 Å². The predicted molar refractivity (Wildman–Crippen MR) is 74.9 cm³/mol. The summed E-state index contributed by atoms with van der Waals surface area (Å²) in [5.74, 6) is 0.407. The van der Waals surface area contributed by atoms with Crippen LogP contribution in [0.4, 0.5) is 5.69 Å². The minimum atomic E-state index is -0.546. The van der Waals surface area contributed by atoms with E-state index >= 15 is 0 Å². The molecule has 0 radical (unpaired) electrons. The third-order valence-electron chi connectivity index (χ3n) is 3.54. The Morgan fingerprint density at radius 2 is 2.05 bits per heavy atom. The zero-order valence-electron chi connectivity index (χ0n) is 12.2. The number of carbonyl (C=O) groups excluding carboxylic acids is 2. The fourth-order valence-corrected chi connectivity index (χ4v) is 2.35. The lowest BCUT2D eigenvalue weighted by atomic mass is 10.00. The summed E-state index contributed by atoms with van der Waals surface area (Å²) in [7, 11) is 4.30. The first kappa shape index (κ1) is 15.0. The van der Waals surface area contributed by atoms with Gasteiger partial charge in [0.15, 0.2) is 5.75 Å². The lowest BCUT2D eigenvalue weighted by Gasteiger charge is -2.38. The van der Waals surface area contributed by atoms with Crippen molar-refractivity contribution in [2.75, 3.05) is 27.1 Å². The molecule has 0 aromatic heterocycles. The second kappa shape index (κ2) is 5.90. The molecule has 114 valence electrons. The minimum Gasteiger partial charge on any atom is -0.494 e. The Bertz CT molecular complexity index is 573. The average molecular weight is 294 g/mol. The zero-order valence-corrected chi connectivity index (χ0v) is 12.2. The molecule has 1 saturated heterocycles. The maximum absolute atomic E-state index is 11.7. The summed E-state index contributed by atoms with van der Waals surface area (Å²) in [6.07, 6.45) is 0.167. The Morgan fingerprint density at radius 3 is 2.57 bits per heavy atom. The van der Waals surface area contributed by atoms with Crippen LogP contribution in [-0.2, 0) is 20.9 Å². The monoisotopic (exact) mass is 294 g/mol. The van der Waals surface area contributed by atoms with Crippen molar-refractivity contribution >= 4 is 17.6 Å². The van der Waals surface area contributed by atoms with Gasteiger partial charge in [-0.25, -0.2) is 4.79 Å². The Hall–Kier alpha value is -2.44. The van der Waals surface area contributed by atoms with Gasteiger partial charge in [-0.1, -0.05) is 0 Å². The number of rotatable bonds is 5. The molecule has 1 aromatic rings. The van der Waals surface area contributed by atoms with Gasteiger partial charge in [-0.15, -0.1) is 0 Å². The van der Waals surface area contributed by atoms with Crippen LogP contribution in [0.1, 0.15) is 12.0 Å². The molecule has 1 fully saturated rings. The summed E-state index contributed by atoms with van der Waals surface area (Å²) in [6.45, 7) is 0.232. The maximum atomic E-state index is 11.7. The Balaban J connectivity index is 2.25. The van der Waals surface area contributed by atoms with Gasteiger partial charge in [0, 0.05) is 5.56 Å². The van der Waals surface area contributed by atoms with E-state index in [0.29, 0.717) is 22.7 Å². The van der Waals surface area contributed by atoms with Crippen molar-refractivity contribution in [2.24, 2.45) is 0 Å². The van der Waals surface area contributed by atoms with Crippen LogP contribution in [0.25, 0.3) is 0 Å². The number of esters is 1. The highest BCUT2D eigenvalue weighted by Gasteiger charge is 2.42. The normalized spacial score (nSPS) is 17.2.